The van der Waals surface area contributed by atoms with Crippen molar-refractivity contribution in [2.75, 3.05) is 13.2 Å². The number of fused-ring (bicyclic) bond motifs is 1. The third-order valence-electron chi connectivity index (χ3n) is 2.06. The molecule has 56 valence electrons. The van der Waals surface area contributed by atoms with Crippen molar-refractivity contribution in [1.29, 1.82) is 0 Å². The van der Waals surface area contributed by atoms with Crippen molar-refractivity contribution in [2.45, 2.75) is 19.4 Å². The summed E-state index contributed by atoms with van der Waals surface area (Å²) in [4.78, 5) is 4.95. The quantitative estimate of drug-likeness (QED) is 0.499. The molecule has 10 heavy (non-hydrogen) atoms. The zero-order valence-corrected chi connectivity index (χ0v) is 6.04. The summed E-state index contributed by atoms with van der Waals surface area (Å²) in [5, 5.41) is 3.88. The Morgan fingerprint density at radius 3 is 3.40 bits per heavy atom. The van der Waals surface area contributed by atoms with Crippen LogP contribution in [0.1, 0.15) is 13.3 Å². The zero-order valence-electron chi connectivity index (χ0n) is 6.04. The molecule has 0 radical (unpaired) electrons. The highest BCUT2D eigenvalue weighted by Gasteiger charge is 2.29. The average Bonchev–Trinajstić information content (AvgIpc) is 2.33. The third-order valence-corrected chi connectivity index (χ3v) is 2.06. The summed E-state index contributed by atoms with van der Waals surface area (Å²) in [5.74, 6) is 0.545. The second-order valence-electron chi connectivity index (χ2n) is 2.93. The monoisotopic (exact) mass is 141 g/mol. The molecule has 0 aromatic rings. The highest BCUT2D eigenvalue weighted by atomic mass is 16.6. The first-order valence-electron chi connectivity index (χ1n) is 3.66. The molecule has 1 saturated heterocycles. The zero-order chi connectivity index (χ0) is 6.97. The van der Waals surface area contributed by atoms with E-state index in [1.54, 1.807) is 0 Å². The molecule has 0 amide bonds. The molecule has 0 aliphatic carbocycles. The van der Waals surface area contributed by atoms with Gasteiger partial charge in [0.15, 0.2) is 0 Å². The molecule has 2 aliphatic heterocycles. The molecular formula is C7H11NO2. The van der Waals surface area contributed by atoms with Crippen molar-refractivity contribution >= 4 is 5.71 Å². The van der Waals surface area contributed by atoms with Crippen LogP contribution in [0.15, 0.2) is 5.16 Å². The molecule has 2 atom stereocenters. The molecule has 3 heteroatoms. The Hall–Kier alpha value is -0.570. The first-order valence-corrected chi connectivity index (χ1v) is 3.66. The van der Waals surface area contributed by atoms with Crippen molar-refractivity contribution in [2.24, 2.45) is 11.1 Å². The summed E-state index contributed by atoms with van der Waals surface area (Å²) in [5.41, 5.74) is 1.10. The highest BCUT2D eigenvalue weighted by Crippen LogP contribution is 2.22. The van der Waals surface area contributed by atoms with Crippen LogP contribution in [0.2, 0.25) is 0 Å². The minimum atomic E-state index is 0.380. The number of hydrogen-bond donors (Lipinski definition) is 0. The molecule has 2 aliphatic rings. The van der Waals surface area contributed by atoms with Crippen molar-refractivity contribution in [3.8, 4) is 0 Å². The van der Waals surface area contributed by atoms with Crippen LogP contribution in [0.25, 0.3) is 0 Å². The molecule has 2 unspecified atom stereocenters. The van der Waals surface area contributed by atoms with Crippen LogP contribution in [0.4, 0.5) is 0 Å². The predicted molar refractivity (Wildman–Crippen MR) is 36.9 cm³/mol. The molecule has 2 rings (SSSR count). The molecular weight excluding hydrogens is 130 g/mol. The van der Waals surface area contributed by atoms with Crippen molar-refractivity contribution < 1.29 is 9.57 Å². The largest absolute Gasteiger partial charge is 0.395 e. The molecule has 0 N–H and O–H groups in total. The van der Waals surface area contributed by atoms with E-state index in [-0.39, 0.29) is 0 Å². The normalized spacial score (nSPS) is 38.3. The fourth-order valence-electron chi connectivity index (χ4n) is 1.43. The smallest absolute Gasteiger partial charge is 0.125 e. The van der Waals surface area contributed by atoms with Gasteiger partial charge in [-0.05, 0) is 13.3 Å². The average molecular weight is 141 g/mol. The number of oxime groups is 1. The highest BCUT2D eigenvalue weighted by molar-refractivity contribution is 5.89. The van der Waals surface area contributed by atoms with Gasteiger partial charge in [-0.1, -0.05) is 5.16 Å². The van der Waals surface area contributed by atoms with Crippen molar-refractivity contribution in [3.63, 3.8) is 0 Å². The van der Waals surface area contributed by atoms with E-state index in [9.17, 15) is 0 Å². The SMILES string of the molecule is CC1CC2CON=C2CO1. The second kappa shape index (κ2) is 2.23. The Labute approximate surface area is 60.0 Å². The predicted octanol–water partition coefficient (Wildman–Crippen LogP) is 0.798. The van der Waals surface area contributed by atoms with Gasteiger partial charge in [0.1, 0.15) is 6.61 Å². The van der Waals surface area contributed by atoms with Crippen LogP contribution < -0.4 is 0 Å². The first kappa shape index (κ1) is 6.16. The number of ether oxygens (including phenoxy) is 1. The summed E-state index contributed by atoms with van der Waals surface area (Å²) < 4.78 is 5.38. The van der Waals surface area contributed by atoms with Crippen molar-refractivity contribution in [1.82, 2.24) is 0 Å². The van der Waals surface area contributed by atoms with Gasteiger partial charge >= 0.3 is 0 Å². The summed E-state index contributed by atoms with van der Waals surface area (Å²) in [7, 11) is 0. The Morgan fingerprint density at radius 2 is 2.50 bits per heavy atom. The van der Waals surface area contributed by atoms with Gasteiger partial charge in [0.25, 0.3) is 0 Å². The molecule has 0 saturated carbocycles. The third kappa shape index (κ3) is 0.904. The van der Waals surface area contributed by atoms with Gasteiger partial charge in [-0.15, -0.1) is 0 Å². The number of hydrogen-bond acceptors (Lipinski definition) is 3. The summed E-state index contributed by atoms with van der Waals surface area (Å²) in [6.07, 6.45) is 1.45. The van der Waals surface area contributed by atoms with Gasteiger partial charge in [-0.25, -0.2) is 0 Å². The van der Waals surface area contributed by atoms with Gasteiger partial charge in [-0.3, -0.25) is 0 Å². The lowest BCUT2D eigenvalue weighted by molar-refractivity contribution is 0.0572. The maximum absolute atomic E-state index is 5.38. The molecule has 0 bridgehead atoms. The Kier molecular flexibility index (Phi) is 1.38. The van der Waals surface area contributed by atoms with Crippen LogP contribution in [0, 0.1) is 5.92 Å². The van der Waals surface area contributed by atoms with Crippen LogP contribution in [-0.2, 0) is 9.57 Å². The van der Waals surface area contributed by atoms with Crippen LogP contribution >= 0.6 is 0 Å². The molecule has 0 aromatic carbocycles. The fraction of sp³-hybridized carbons (Fsp3) is 0.857. The Bertz CT molecular complexity index is 167. The lowest BCUT2D eigenvalue weighted by atomic mass is 9.96. The van der Waals surface area contributed by atoms with E-state index in [1.807, 2.05) is 0 Å². The molecule has 3 nitrogen and oxygen atoms in total. The van der Waals surface area contributed by atoms with Crippen molar-refractivity contribution in [3.05, 3.63) is 0 Å². The maximum Gasteiger partial charge on any atom is 0.125 e. The first-order chi connectivity index (χ1) is 4.86. The van der Waals surface area contributed by atoms with Crippen LogP contribution in [0.3, 0.4) is 0 Å². The second-order valence-corrected chi connectivity index (χ2v) is 2.93. The summed E-state index contributed by atoms with van der Waals surface area (Å²) in [6.45, 7) is 3.53. The minimum absolute atomic E-state index is 0.380. The molecule has 0 aromatic heterocycles. The standard InChI is InChI=1S/C7H11NO2/c1-5-2-6-3-10-8-7(6)4-9-5/h5-6H,2-4H2,1H3. The van der Waals surface area contributed by atoms with E-state index in [2.05, 4.69) is 12.1 Å². The van der Waals surface area contributed by atoms with E-state index in [0.717, 1.165) is 18.7 Å². The molecule has 2 heterocycles. The topological polar surface area (TPSA) is 30.8 Å². The summed E-state index contributed by atoms with van der Waals surface area (Å²) >= 11 is 0. The lowest BCUT2D eigenvalue weighted by Gasteiger charge is -2.22. The number of nitrogens with zero attached hydrogens (tertiary/aromatic N) is 1. The van der Waals surface area contributed by atoms with E-state index in [4.69, 9.17) is 9.57 Å². The molecule has 1 fully saturated rings. The van der Waals surface area contributed by atoms with E-state index in [0.29, 0.717) is 18.6 Å². The van der Waals surface area contributed by atoms with Gasteiger partial charge in [0.2, 0.25) is 0 Å². The van der Waals surface area contributed by atoms with Crippen LogP contribution in [0.5, 0.6) is 0 Å². The number of rotatable bonds is 0. The van der Waals surface area contributed by atoms with Gasteiger partial charge < -0.3 is 9.57 Å². The Morgan fingerprint density at radius 1 is 1.60 bits per heavy atom. The lowest BCUT2D eigenvalue weighted by Crippen LogP contribution is -2.31. The van der Waals surface area contributed by atoms with E-state index in [1.165, 1.54) is 0 Å². The van der Waals surface area contributed by atoms with Gasteiger partial charge in [-0.2, -0.15) is 0 Å². The summed E-state index contributed by atoms with van der Waals surface area (Å²) in [6, 6.07) is 0. The minimum Gasteiger partial charge on any atom is -0.395 e. The van der Waals surface area contributed by atoms with E-state index < -0.39 is 0 Å². The maximum atomic E-state index is 5.38. The van der Waals surface area contributed by atoms with Gasteiger partial charge in [0, 0.05) is 5.92 Å². The van der Waals surface area contributed by atoms with Gasteiger partial charge in [0.05, 0.1) is 18.4 Å². The fourth-order valence-corrected chi connectivity index (χ4v) is 1.43. The van der Waals surface area contributed by atoms with Crippen LogP contribution in [-0.4, -0.2) is 25.0 Å². The molecule has 0 spiro atoms. The Balaban J connectivity index is 2.06. The van der Waals surface area contributed by atoms with E-state index >= 15 is 0 Å².